The third kappa shape index (κ3) is 3.22. The van der Waals surface area contributed by atoms with Crippen LogP contribution in [0.15, 0.2) is 12.1 Å². The number of hydrogen-bond acceptors (Lipinski definition) is 4. The van der Waals surface area contributed by atoms with Gasteiger partial charge in [0, 0.05) is 5.92 Å². The number of aryl methyl sites for hydroxylation is 1. The summed E-state index contributed by atoms with van der Waals surface area (Å²) in [6, 6.07) is 3.77. The smallest absolute Gasteiger partial charge is 0.223 e. The molecule has 1 aromatic rings. The molecule has 2 aliphatic carbocycles. The quantitative estimate of drug-likeness (QED) is 0.869. The van der Waals surface area contributed by atoms with Gasteiger partial charge in [-0.25, -0.2) is 0 Å². The summed E-state index contributed by atoms with van der Waals surface area (Å²) in [6.07, 6.45) is 6.78. The van der Waals surface area contributed by atoms with Gasteiger partial charge in [0.25, 0.3) is 0 Å². The fourth-order valence-electron chi connectivity index (χ4n) is 3.96. The first-order valence-electron chi connectivity index (χ1n) is 8.83. The number of amides is 1. The fourth-order valence-corrected chi connectivity index (χ4v) is 3.96. The van der Waals surface area contributed by atoms with Crippen LogP contribution < -0.4 is 14.8 Å². The minimum absolute atomic E-state index is 0.0806. The summed E-state index contributed by atoms with van der Waals surface area (Å²) in [5, 5.41) is 14.0. The van der Waals surface area contributed by atoms with Crippen molar-refractivity contribution in [3.63, 3.8) is 0 Å². The Morgan fingerprint density at radius 3 is 2.54 bits per heavy atom. The van der Waals surface area contributed by atoms with Gasteiger partial charge in [-0.1, -0.05) is 19.3 Å². The molecule has 5 heteroatoms. The highest BCUT2D eigenvalue weighted by molar-refractivity contribution is 5.78. The van der Waals surface area contributed by atoms with Crippen molar-refractivity contribution in [1.82, 2.24) is 5.32 Å². The van der Waals surface area contributed by atoms with Gasteiger partial charge in [-0.15, -0.1) is 0 Å². The second-order valence-corrected chi connectivity index (χ2v) is 6.95. The molecule has 2 aliphatic rings. The molecule has 1 saturated carbocycles. The number of fused-ring (bicyclic) bond motifs is 1. The van der Waals surface area contributed by atoms with Crippen LogP contribution in [0.3, 0.4) is 0 Å². The van der Waals surface area contributed by atoms with E-state index in [4.69, 9.17) is 9.47 Å². The molecule has 132 valence electrons. The summed E-state index contributed by atoms with van der Waals surface area (Å²) in [6.45, 7) is 0.255. The maximum atomic E-state index is 12.4. The third-order valence-corrected chi connectivity index (χ3v) is 5.45. The van der Waals surface area contributed by atoms with Crippen LogP contribution in [0.25, 0.3) is 0 Å². The van der Waals surface area contributed by atoms with Crippen molar-refractivity contribution in [3.05, 3.63) is 23.3 Å². The van der Waals surface area contributed by atoms with Crippen molar-refractivity contribution in [3.8, 4) is 11.5 Å². The predicted molar refractivity (Wildman–Crippen MR) is 91.3 cm³/mol. The monoisotopic (exact) mass is 333 g/mol. The molecule has 1 unspecified atom stereocenters. The molecule has 0 heterocycles. The maximum Gasteiger partial charge on any atom is 0.223 e. The van der Waals surface area contributed by atoms with Crippen molar-refractivity contribution in [2.24, 2.45) is 5.92 Å². The van der Waals surface area contributed by atoms with Crippen molar-refractivity contribution < 1.29 is 19.4 Å². The minimum Gasteiger partial charge on any atom is -0.493 e. The van der Waals surface area contributed by atoms with E-state index in [1.54, 1.807) is 14.2 Å². The van der Waals surface area contributed by atoms with Crippen LogP contribution in [0.4, 0.5) is 0 Å². The molecule has 1 fully saturated rings. The lowest BCUT2D eigenvalue weighted by atomic mass is 9.88. The van der Waals surface area contributed by atoms with Crippen LogP contribution in [0.1, 0.15) is 49.7 Å². The average molecular weight is 333 g/mol. The number of benzene rings is 1. The Balaban J connectivity index is 1.72. The lowest BCUT2D eigenvalue weighted by molar-refractivity contribution is -0.127. The normalized spacial score (nSPS) is 23.6. The number of hydrogen-bond donors (Lipinski definition) is 2. The number of rotatable bonds is 5. The summed E-state index contributed by atoms with van der Waals surface area (Å²) in [5.41, 5.74) is 0.866. The zero-order valence-electron chi connectivity index (χ0n) is 14.6. The fraction of sp³-hybridized carbons (Fsp3) is 0.632. The predicted octanol–water partition coefficient (Wildman–Crippen LogP) is 2.53. The first-order valence-corrected chi connectivity index (χ1v) is 8.83. The molecule has 0 saturated heterocycles. The van der Waals surface area contributed by atoms with E-state index in [1.165, 1.54) is 6.42 Å². The first-order chi connectivity index (χ1) is 11.6. The van der Waals surface area contributed by atoms with E-state index in [2.05, 4.69) is 5.32 Å². The van der Waals surface area contributed by atoms with Crippen LogP contribution in [0, 0.1) is 5.92 Å². The summed E-state index contributed by atoms with van der Waals surface area (Å²) in [4.78, 5) is 12.4. The van der Waals surface area contributed by atoms with Crippen LogP contribution in [0.5, 0.6) is 11.5 Å². The van der Waals surface area contributed by atoms with Gasteiger partial charge in [-0.2, -0.15) is 0 Å². The van der Waals surface area contributed by atoms with Gasteiger partial charge < -0.3 is 19.9 Å². The van der Waals surface area contributed by atoms with Gasteiger partial charge in [0.1, 0.15) is 5.60 Å². The van der Waals surface area contributed by atoms with Crippen molar-refractivity contribution in [2.45, 2.75) is 50.5 Å². The van der Waals surface area contributed by atoms with Crippen LogP contribution in [0.2, 0.25) is 0 Å². The number of carbonyl (C=O) groups excluding carboxylic acids is 1. The van der Waals surface area contributed by atoms with E-state index in [9.17, 15) is 9.90 Å². The standard InChI is InChI=1S/C19H27NO4/c1-23-16-10-14-8-9-19(22,15(14)11-17(16)24-2)12-20-18(21)13-6-4-3-5-7-13/h10-11,13,22H,3-9,12H2,1-2H3,(H,20,21). The number of aliphatic hydroxyl groups is 1. The summed E-state index contributed by atoms with van der Waals surface area (Å²) < 4.78 is 10.7. The average Bonchev–Trinajstić information content (AvgIpc) is 2.95. The van der Waals surface area contributed by atoms with E-state index in [0.717, 1.165) is 43.2 Å². The molecule has 1 atom stereocenters. The van der Waals surface area contributed by atoms with Crippen molar-refractivity contribution in [1.29, 1.82) is 0 Å². The molecule has 1 amide bonds. The van der Waals surface area contributed by atoms with Gasteiger partial charge >= 0.3 is 0 Å². The maximum absolute atomic E-state index is 12.4. The summed E-state index contributed by atoms with van der Waals surface area (Å²) in [7, 11) is 3.19. The largest absolute Gasteiger partial charge is 0.493 e. The second-order valence-electron chi connectivity index (χ2n) is 6.95. The van der Waals surface area contributed by atoms with Crippen LogP contribution in [-0.2, 0) is 16.8 Å². The topological polar surface area (TPSA) is 67.8 Å². The molecule has 1 aromatic carbocycles. The van der Waals surface area contributed by atoms with Crippen LogP contribution in [-0.4, -0.2) is 31.8 Å². The van der Waals surface area contributed by atoms with E-state index in [1.807, 2.05) is 12.1 Å². The number of ether oxygens (including phenoxy) is 2. The number of nitrogens with one attached hydrogen (secondary N) is 1. The number of methoxy groups -OCH3 is 2. The van der Waals surface area contributed by atoms with Gasteiger partial charge in [0.2, 0.25) is 5.91 Å². The summed E-state index contributed by atoms with van der Waals surface area (Å²) >= 11 is 0. The molecular formula is C19H27NO4. The van der Waals surface area contributed by atoms with Gasteiger partial charge in [0.05, 0.1) is 20.8 Å². The van der Waals surface area contributed by atoms with E-state index in [0.29, 0.717) is 17.9 Å². The zero-order chi connectivity index (χ0) is 17.2. The van der Waals surface area contributed by atoms with Gasteiger partial charge in [0.15, 0.2) is 11.5 Å². The van der Waals surface area contributed by atoms with E-state index in [-0.39, 0.29) is 18.4 Å². The van der Waals surface area contributed by atoms with E-state index < -0.39 is 5.60 Å². The summed E-state index contributed by atoms with van der Waals surface area (Å²) in [5.74, 6) is 1.47. The second kappa shape index (κ2) is 7.01. The Morgan fingerprint density at radius 2 is 1.88 bits per heavy atom. The third-order valence-electron chi connectivity index (χ3n) is 5.45. The zero-order valence-corrected chi connectivity index (χ0v) is 14.6. The Labute approximate surface area is 143 Å². The molecule has 3 rings (SSSR count). The molecule has 0 aliphatic heterocycles. The van der Waals surface area contributed by atoms with Gasteiger partial charge in [-0.3, -0.25) is 4.79 Å². The highest BCUT2D eigenvalue weighted by atomic mass is 16.5. The Hall–Kier alpha value is -1.75. The SMILES string of the molecule is COc1cc2c(cc1OC)C(O)(CNC(=O)C1CCCCC1)CC2. The molecule has 0 aromatic heterocycles. The first kappa shape index (κ1) is 17.1. The molecule has 0 radical (unpaired) electrons. The van der Waals surface area contributed by atoms with Crippen molar-refractivity contribution in [2.75, 3.05) is 20.8 Å². The molecule has 24 heavy (non-hydrogen) atoms. The lowest BCUT2D eigenvalue weighted by Crippen LogP contribution is -2.42. The van der Waals surface area contributed by atoms with Crippen molar-refractivity contribution >= 4 is 5.91 Å². The minimum atomic E-state index is -1.03. The number of carbonyl (C=O) groups is 1. The van der Waals surface area contributed by atoms with Gasteiger partial charge in [-0.05, 0) is 48.9 Å². The Bertz CT molecular complexity index is 610. The highest BCUT2D eigenvalue weighted by Crippen LogP contribution is 2.42. The molecule has 0 spiro atoms. The Morgan fingerprint density at radius 1 is 1.21 bits per heavy atom. The Kier molecular flexibility index (Phi) is 4.99. The molecule has 0 bridgehead atoms. The van der Waals surface area contributed by atoms with E-state index >= 15 is 0 Å². The highest BCUT2D eigenvalue weighted by Gasteiger charge is 2.38. The lowest BCUT2D eigenvalue weighted by Gasteiger charge is -2.27. The molecular weight excluding hydrogens is 306 g/mol. The molecule has 5 nitrogen and oxygen atoms in total. The molecule has 2 N–H and O–H groups in total. The van der Waals surface area contributed by atoms with Crippen LogP contribution >= 0.6 is 0 Å².